The molecule has 0 radical (unpaired) electrons. The van der Waals surface area contributed by atoms with Crippen LogP contribution in [0.5, 0.6) is 5.88 Å². The van der Waals surface area contributed by atoms with E-state index in [9.17, 15) is 14.7 Å². The number of carbonyl (C=O) groups is 1. The molecule has 0 amide bonds. The van der Waals surface area contributed by atoms with Gasteiger partial charge in [0.15, 0.2) is 0 Å². The zero-order chi connectivity index (χ0) is 28.5. The number of hydrogen-bond acceptors (Lipinski definition) is 7. The number of carboxylic acid groups (broad SMARTS) is 1. The van der Waals surface area contributed by atoms with E-state index in [1.54, 1.807) is 35.2 Å². The van der Waals surface area contributed by atoms with Gasteiger partial charge in [-0.15, -0.1) is 0 Å². The van der Waals surface area contributed by atoms with Crippen LogP contribution in [0.4, 0.5) is 11.5 Å². The number of halogens is 2. The standard InChI is InChI=1S/C30H29Cl2N5O4/c31-23-7-4-10-33-29(23)41-18-20-6-5-13-36(20)26-15-25-21(14-24(26)32)28(38)22(30(39)40)17-37(25)19-8-9-27(34-16-19)35-11-2-1-3-12-35/h4,7-10,14-17,20H,1-3,5-6,11-13,18H2,(H,39,40)/t20-/m1/s1. The summed E-state index contributed by atoms with van der Waals surface area (Å²) in [4.78, 5) is 38.6. The predicted molar refractivity (Wildman–Crippen MR) is 160 cm³/mol. The van der Waals surface area contributed by atoms with Gasteiger partial charge in [-0.25, -0.2) is 14.8 Å². The molecule has 0 bridgehead atoms. The van der Waals surface area contributed by atoms with Crippen molar-refractivity contribution in [2.75, 3.05) is 36.0 Å². The molecule has 3 aromatic heterocycles. The Morgan fingerprint density at radius 1 is 1.02 bits per heavy atom. The molecule has 1 N–H and O–H groups in total. The Kier molecular flexibility index (Phi) is 7.73. The van der Waals surface area contributed by atoms with Crippen molar-refractivity contribution in [2.45, 2.75) is 38.1 Å². The largest absolute Gasteiger partial charge is 0.477 e. The van der Waals surface area contributed by atoms with Gasteiger partial charge in [0, 0.05) is 37.4 Å². The van der Waals surface area contributed by atoms with Crippen molar-refractivity contribution in [3.63, 3.8) is 0 Å². The molecule has 2 saturated heterocycles. The molecule has 4 aromatic rings. The summed E-state index contributed by atoms with van der Waals surface area (Å²) in [6.07, 6.45) is 10.0. The lowest BCUT2D eigenvalue weighted by molar-refractivity contribution is 0.0695. The Morgan fingerprint density at radius 2 is 1.85 bits per heavy atom. The summed E-state index contributed by atoms with van der Waals surface area (Å²) in [5.41, 5.74) is 1.03. The number of pyridine rings is 3. The van der Waals surface area contributed by atoms with Gasteiger partial charge in [0.05, 0.1) is 34.2 Å². The third kappa shape index (κ3) is 5.44. The molecule has 212 valence electrons. The van der Waals surface area contributed by atoms with Crippen molar-refractivity contribution in [2.24, 2.45) is 0 Å². The number of anilines is 2. The molecule has 1 atom stereocenters. The summed E-state index contributed by atoms with van der Waals surface area (Å²) in [6, 6.07) is 10.8. The zero-order valence-electron chi connectivity index (χ0n) is 22.3. The number of benzene rings is 1. The topological polar surface area (TPSA) is 101 Å². The highest BCUT2D eigenvalue weighted by molar-refractivity contribution is 6.34. The van der Waals surface area contributed by atoms with E-state index in [2.05, 4.69) is 19.8 Å². The van der Waals surface area contributed by atoms with Gasteiger partial charge in [0.2, 0.25) is 11.3 Å². The van der Waals surface area contributed by atoms with E-state index in [0.717, 1.165) is 56.8 Å². The Morgan fingerprint density at radius 3 is 2.59 bits per heavy atom. The Hall–Kier alpha value is -3.82. The third-order valence-corrected chi connectivity index (χ3v) is 8.41. The highest BCUT2D eigenvalue weighted by Gasteiger charge is 2.29. The molecule has 2 fully saturated rings. The number of fused-ring (bicyclic) bond motifs is 1. The summed E-state index contributed by atoms with van der Waals surface area (Å²) in [5, 5.41) is 10.8. The number of rotatable bonds is 7. The van der Waals surface area contributed by atoms with E-state index in [1.165, 1.54) is 12.6 Å². The lowest BCUT2D eigenvalue weighted by Gasteiger charge is -2.28. The van der Waals surface area contributed by atoms with Crippen LogP contribution in [0.1, 0.15) is 42.5 Å². The van der Waals surface area contributed by atoms with Gasteiger partial charge in [0.25, 0.3) is 0 Å². The van der Waals surface area contributed by atoms with Crippen molar-refractivity contribution in [1.82, 2.24) is 14.5 Å². The summed E-state index contributed by atoms with van der Waals surface area (Å²) in [6.45, 7) is 3.04. The molecule has 9 nitrogen and oxygen atoms in total. The van der Waals surface area contributed by atoms with Crippen LogP contribution in [0.3, 0.4) is 0 Å². The maximum absolute atomic E-state index is 13.2. The van der Waals surface area contributed by atoms with Crippen molar-refractivity contribution in [3.05, 3.63) is 80.8 Å². The molecule has 11 heteroatoms. The average molecular weight is 594 g/mol. The van der Waals surface area contributed by atoms with E-state index in [0.29, 0.717) is 33.7 Å². The van der Waals surface area contributed by atoms with Crippen molar-refractivity contribution >= 4 is 51.6 Å². The van der Waals surface area contributed by atoms with Crippen LogP contribution in [0.15, 0.2) is 59.8 Å². The molecule has 0 spiro atoms. The fourth-order valence-electron chi connectivity index (χ4n) is 5.73. The van der Waals surface area contributed by atoms with Crippen LogP contribution in [0, 0.1) is 0 Å². The number of carboxylic acids is 1. The molecule has 0 saturated carbocycles. The molecular formula is C30H29Cl2N5O4. The SMILES string of the molecule is O=C(O)c1cn(-c2ccc(N3CCCCC3)nc2)c2cc(N3CCC[C@@H]3COc3ncccc3Cl)c(Cl)cc2c1=O. The summed E-state index contributed by atoms with van der Waals surface area (Å²) in [5.74, 6) is -0.0382. The Bertz CT molecular complexity index is 1650. The van der Waals surface area contributed by atoms with Crippen molar-refractivity contribution < 1.29 is 14.6 Å². The van der Waals surface area contributed by atoms with E-state index < -0.39 is 11.4 Å². The second-order valence-corrected chi connectivity index (χ2v) is 11.2. The van der Waals surface area contributed by atoms with Crippen LogP contribution in [-0.4, -0.2) is 57.9 Å². The lowest BCUT2D eigenvalue weighted by atomic mass is 10.1. The van der Waals surface area contributed by atoms with Crippen LogP contribution in [0.25, 0.3) is 16.6 Å². The number of nitrogens with zero attached hydrogens (tertiary/aromatic N) is 5. The van der Waals surface area contributed by atoms with Crippen molar-refractivity contribution in [3.8, 4) is 11.6 Å². The van der Waals surface area contributed by atoms with Gasteiger partial charge in [-0.05, 0) is 68.5 Å². The molecule has 0 aliphatic carbocycles. The fraction of sp³-hybridized carbons (Fsp3) is 0.333. The van der Waals surface area contributed by atoms with Crippen molar-refractivity contribution in [1.29, 1.82) is 0 Å². The van der Waals surface area contributed by atoms with E-state index >= 15 is 0 Å². The molecule has 0 unspecified atom stereocenters. The van der Waals surface area contributed by atoms with Gasteiger partial charge in [-0.3, -0.25) is 4.79 Å². The van der Waals surface area contributed by atoms with E-state index in [4.69, 9.17) is 27.9 Å². The minimum atomic E-state index is -1.30. The predicted octanol–water partition coefficient (Wildman–Crippen LogP) is 5.82. The maximum Gasteiger partial charge on any atom is 0.341 e. The smallest absolute Gasteiger partial charge is 0.341 e. The minimum Gasteiger partial charge on any atom is -0.477 e. The number of hydrogen-bond donors (Lipinski definition) is 1. The number of piperidine rings is 1. The number of aromatic carboxylic acids is 1. The van der Waals surface area contributed by atoms with Crippen LogP contribution >= 0.6 is 23.2 Å². The van der Waals surface area contributed by atoms with Crippen LogP contribution < -0.4 is 20.0 Å². The number of aromatic nitrogens is 3. The molecule has 1 aromatic carbocycles. The van der Waals surface area contributed by atoms with E-state index in [1.807, 2.05) is 18.2 Å². The first-order valence-corrected chi connectivity index (χ1v) is 14.5. The Balaban J connectivity index is 1.39. The second-order valence-electron chi connectivity index (χ2n) is 10.4. The first-order chi connectivity index (χ1) is 19.9. The molecule has 6 rings (SSSR count). The first kappa shape index (κ1) is 27.4. The summed E-state index contributed by atoms with van der Waals surface area (Å²) < 4.78 is 7.67. The normalized spacial score (nSPS) is 17.3. The zero-order valence-corrected chi connectivity index (χ0v) is 23.8. The lowest BCUT2D eigenvalue weighted by Crippen LogP contribution is -2.34. The molecule has 41 heavy (non-hydrogen) atoms. The monoisotopic (exact) mass is 593 g/mol. The second kappa shape index (κ2) is 11.6. The van der Waals surface area contributed by atoms with Crippen LogP contribution in [-0.2, 0) is 0 Å². The minimum absolute atomic E-state index is 0.00646. The highest BCUT2D eigenvalue weighted by atomic mass is 35.5. The molecule has 2 aliphatic heterocycles. The fourth-order valence-corrected chi connectivity index (χ4v) is 6.18. The van der Waals surface area contributed by atoms with Gasteiger partial charge >= 0.3 is 5.97 Å². The first-order valence-electron chi connectivity index (χ1n) is 13.7. The quantitative estimate of drug-likeness (QED) is 0.286. The maximum atomic E-state index is 13.2. The third-order valence-electron chi connectivity index (χ3n) is 7.82. The van der Waals surface area contributed by atoms with Gasteiger partial charge < -0.3 is 24.2 Å². The molecule has 5 heterocycles. The van der Waals surface area contributed by atoms with Gasteiger partial charge in [-0.1, -0.05) is 23.2 Å². The van der Waals surface area contributed by atoms with E-state index in [-0.39, 0.29) is 17.0 Å². The summed E-state index contributed by atoms with van der Waals surface area (Å²) >= 11 is 13.0. The Labute approximate surface area is 246 Å². The summed E-state index contributed by atoms with van der Waals surface area (Å²) in [7, 11) is 0. The highest BCUT2D eigenvalue weighted by Crippen LogP contribution is 2.36. The average Bonchev–Trinajstić information content (AvgIpc) is 3.46. The number of ether oxygens (including phenoxy) is 1. The molecular weight excluding hydrogens is 565 g/mol. The van der Waals surface area contributed by atoms with Gasteiger partial charge in [-0.2, -0.15) is 0 Å². The molecule has 2 aliphatic rings. The van der Waals surface area contributed by atoms with Gasteiger partial charge in [0.1, 0.15) is 23.0 Å². The van der Waals surface area contributed by atoms with Crippen LogP contribution in [0.2, 0.25) is 10.0 Å².